The van der Waals surface area contributed by atoms with Gasteiger partial charge in [0.1, 0.15) is 11.3 Å². The Bertz CT molecular complexity index is 1310. The number of halogens is 1. The van der Waals surface area contributed by atoms with Crippen LogP contribution in [0.5, 0.6) is 5.75 Å². The molecule has 1 unspecified atom stereocenters. The first kappa shape index (κ1) is 24.8. The van der Waals surface area contributed by atoms with Crippen LogP contribution in [0.4, 0.5) is 0 Å². The van der Waals surface area contributed by atoms with Crippen LogP contribution in [0, 0.1) is 6.92 Å². The summed E-state index contributed by atoms with van der Waals surface area (Å²) in [5.74, 6) is 0.628. The summed E-state index contributed by atoms with van der Waals surface area (Å²) < 4.78 is 17.3. The smallest absolute Gasteiger partial charge is 0.290 e. The van der Waals surface area contributed by atoms with Crippen molar-refractivity contribution in [2.45, 2.75) is 32.7 Å². The molecule has 1 saturated heterocycles. The molecule has 190 valence electrons. The number of amides is 1. The lowest BCUT2D eigenvalue weighted by Gasteiger charge is -2.29. The van der Waals surface area contributed by atoms with Gasteiger partial charge in [-0.1, -0.05) is 30.7 Å². The Labute approximate surface area is 215 Å². The molecule has 36 heavy (non-hydrogen) atoms. The van der Waals surface area contributed by atoms with E-state index in [4.69, 9.17) is 25.5 Å². The zero-order valence-corrected chi connectivity index (χ0v) is 21.5. The van der Waals surface area contributed by atoms with Crippen molar-refractivity contribution in [2.24, 2.45) is 0 Å². The van der Waals surface area contributed by atoms with Gasteiger partial charge in [0.15, 0.2) is 5.43 Å². The van der Waals surface area contributed by atoms with Crippen LogP contribution in [-0.2, 0) is 4.74 Å². The summed E-state index contributed by atoms with van der Waals surface area (Å²) in [7, 11) is 0. The number of ether oxygens (including phenoxy) is 2. The second-order valence-corrected chi connectivity index (χ2v) is 9.80. The molecule has 1 aromatic heterocycles. The van der Waals surface area contributed by atoms with Gasteiger partial charge in [-0.15, -0.1) is 0 Å². The van der Waals surface area contributed by atoms with E-state index < -0.39 is 6.04 Å². The third-order valence-corrected chi connectivity index (χ3v) is 7.30. The molecular weight excluding hydrogens is 480 g/mol. The first-order valence-electron chi connectivity index (χ1n) is 12.6. The zero-order valence-electron chi connectivity index (χ0n) is 20.7. The van der Waals surface area contributed by atoms with Gasteiger partial charge in [-0.2, -0.15) is 0 Å². The van der Waals surface area contributed by atoms with E-state index in [-0.39, 0.29) is 17.1 Å². The van der Waals surface area contributed by atoms with Gasteiger partial charge in [0, 0.05) is 31.2 Å². The Balaban J connectivity index is 1.52. The number of benzene rings is 2. The lowest BCUT2D eigenvalue weighted by Crippen LogP contribution is -2.38. The Hall–Kier alpha value is -2.87. The number of hydrogen-bond donors (Lipinski definition) is 0. The standard InChI is InChI=1S/C28H31ClN2O5/c1-3-13-35-20-7-5-19(6-8-20)25-24-26(32)21-17-22(29)18(2)16-23(21)36-27(24)28(33)31(25)10-4-9-30-11-14-34-15-12-30/h5-8,16-17,25H,3-4,9-15H2,1-2H3. The molecule has 2 aliphatic rings. The minimum Gasteiger partial charge on any atom is -0.494 e. The second-order valence-electron chi connectivity index (χ2n) is 9.40. The molecule has 0 bridgehead atoms. The average Bonchev–Trinajstić information content (AvgIpc) is 3.17. The summed E-state index contributed by atoms with van der Waals surface area (Å²) in [5.41, 5.74) is 2.18. The number of hydrogen-bond acceptors (Lipinski definition) is 6. The van der Waals surface area contributed by atoms with Crippen LogP contribution >= 0.6 is 11.6 Å². The van der Waals surface area contributed by atoms with Crippen LogP contribution in [0.2, 0.25) is 5.02 Å². The lowest BCUT2D eigenvalue weighted by molar-refractivity contribution is 0.0353. The first-order chi connectivity index (χ1) is 17.5. The van der Waals surface area contributed by atoms with E-state index in [0.717, 1.165) is 62.6 Å². The Morgan fingerprint density at radius 1 is 1.08 bits per heavy atom. The normalized spacial score (nSPS) is 18.1. The van der Waals surface area contributed by atoms with Crippen molar-refractivity contribution in [3.8, 4) is 5.75 Å². The van der Waals surface area contributed by atoms with Crippen molar-refractivity contribution in [1.29, 1.82) is 0 Å². The van der Waals surface area contributed by atoms with Crippen molar-refractivity contribution in [3.05, 3.63) is 74.1 Å². The minimum atomic E-state index is -0.529. The highest BCUT2D eigenvalue weighted by molar-refractivity contribution is 6.32. The third kappa shape index (κ3) is 4.75. The molecule has 5 rings (SSSR count). The van der Waals surface area contributed by atoms with E-state index >= 15 is 0 Å². The largest absolute Gasteiger partial charge is 0.494 e. The Morgan fingerprint density at radius 3 is 2.56 bits per heavy atom. The molecule has 1 atom stereocenters. The number of aryl methyl sites for hydroxylation is 1. The molecule has 3 aromatic rings. The molecular formula is C28H31ClN2O5. The van der Waals surface area contributed by atoms with E-state index in [1.165, 1.54) is 0 Å². The number of rotatable bonds is 8. The van der Waals surface area contributed by atoms with Crippen LogP contribution in [0.3, 0.4) is 0 Å². The fourth-order valence-electron chi connectivity index (χ4n) is 4.97. The van der Waals surface area contributed by atoms with Crippen molar-refractivity contribution in [2.75, 3.05) is 46.0 Å². The van der Waals surface area contributed by atoms with E-state index in [1.54, 1.807) is 17.0 Å². The van der Waals surface area contributed by atoms with E-state index in [1.807, 2.05) is 31.2 Å². The van der Waals surface area contributed by atoms with Crippen LogP contribution in [-0.4, -0.2) is 61.7 Å². The SMILES string of the molecule is CCCOc1ccc(C2c3c(oc4cc(C)c(Cl)cc4c3=O)C(=O)N2CCCN2CCOCC2)cc1. The van der Waals surface area contributed by atoms with Crippen molar-refractivity contribution >= 4 is 28.5 Å². The second kappa shape index (κ2) is 10.6. The molecule has 1 amide bonds. The van der Waals surface area contributed by atoms with Crippen LogP contribution in [0.15, 0.2) is 45.6 Å². The maximum absolute atomic E-state index is 13.7. The topological polar surface area (TPSA) is 72.2 Å². The van der Waals surface area contributed by atoms with Crippen molar-refractivity contribution < 1.29 is 18.7 Å². The number of nitrogens with zero attached hydrogens (tertiary/aromatic N) is 2. The number of carbonyl (C=O) groups excluding carboxylic acids is 1. The summed E-state index contributed by atoms with van der Waals surface area (Å²) in [6.45, 7) is 9.15. The molecule has 2 aliphatic heterocycles. The van der Waals surface area contributed by atoms with Gasteiger partial charge in [-0.25, -0.2) is 0 Å². The minimum absolute atomic E-state index is 0.122. The number of fused-ring (bicyclic) bond motifs is 2. The molecule has 0 radical (unpaired) electrons. The Kier molecular flexibility index (Phi) is 7.32. The summed E-state index contributed by atoms with van der Waals surface area (Å²) in [6.07, 6.45) is 1.70. The summed E-state index contributed by atoms with van der Waals surface area (Å²) >= 11 is 6.34. The van der Waals surface area contributed by atoms with Gasteiger partial charge >= 0.3 is 0 Å². The molecule has 2 aromatic carbocycles. The number of carbonyl (C=O) groups is 1. The fourth-order valence-corrected chi connectivity index (χ4v) is 5.14. The molecule has 8 heteroatoms. The van der Waals surface area contributed by atoms with Crippen molar-refractivity contribution in [1.82, 2.24) is 9.80 Å². The van der Waals surface area contributed by atoms with E-state index in [9.17, 15) is 9.59 Å². The highest BCUT2D eigenvalue weighted by Crippen LogP contribution is 2.39. The molecule has 3 heterocycles. The zero-order chi connectivity index (χ0) is 25.2. The number of morpholine rings is 1. The quantitative estimate of drug-likeness (QED) is 0.433. The van der Waals surface area contributed by atoms with Gasteiger partial charge in [-0.05, 0) is 55.2 Å². The van der Waals surface area contributed by atoms with Crippen LogP contribution in [0.25, 0.3) is 11.0 Å². The lowest BCUT2D eigenvalue weighted by atomic mass is 9.98. The summed E-state index contributed by atoms with van der Waals surface area (Å²) in [6, 6.07) is 10.5. The van der Waals surface area contributed by atoms with Crippen LogP contribution in [0.1, 0.15) is 53.1 Å². The van der Waals surface area contributed by atoms with Gasteiger partial charge in [0.25, 0.3) is 5.91 Å². The van der Waals surface area contributed by atoms with Crippen LogP contribution < -0.4 is 10.2 Å². The molecule has 0 spiro atoms. The van der Waals surface area contributed by atoms with E-state index in [0.29, 0.717) is 34.7 Å². The monoisotopic (exact) mass is 510 g/mol. The van der Waals surface area contributed by atoms with Gasteiger partial charge in [0.2, 0.25) is 5.76 Å². The molecule has 1 fully saturated rings. The molecule has 0 aliphatic carbocycles. The predicted molar refractivity (Wildman–Crippen MR) is 139 cm³/mol. The average molecular weight is 511 g/mol. The van der Waals surface area contributed by atoms with Gasteiger partial charge in [-0.3, -0.25) is 14.5 Å². The van der Waals surface area contributed by atoms with Crippen molar-refractivity contribution in [3.63, 3.8) is 0 Å². The predicted octanol–water partition coefficient (Wildman–Crippen LogP) is 4.81. The molecule has 0 N–H and O–H groups in total. The Morgan fingerprint density at radius 2 is 1.83 bits per heavy atom. The fraction of sp³-hybridized carbons (Fsp3) is 0.429. The summed E-state index contributed by atoms with van der Waals surface area (Å²) in [5, 5.41) is 0.885. The maximum Gasteiger partial charge on any atom is 0.290 e. The summed E-state index contributed by atoms with van der Waals surface area (Å²) in [4.78, 5) is 31.5. The molecule has 7 nitrogen and oxygen atoms in total. The van der Waals surface area contributed by atoms with Gasteiger partial charge in [0.05, 0.1) is 36.8 Å². The molecule has 0 saturated carbocycles. The highest BCUT2D eigenvalue weighted by atomic mass is 35.5. The van der Waals surface area contributed by atoms with E-state index in [2.05, 4.69) is 11.8 Å². The maximum atomic E-state index is 13.7. The third-order valence-electron chi connectivity index (χ3n) is 6.89. The van der Waals surface area contributed by atoms with Gasteiger partial charge < -0.3 is 18.8 Å². The highest BCUT2D eigenvalue weighted by Gasteiger charge is 2.42. The first-order valence-corrected chi connectivity index (χ1v) is 13.0.